The topological polar surface area (TPSA) is 120 Å². The summed E-state index contributed by atoms with van der Waals surface area (Å²) in [5.41, 5.74) is 0.457. The van der Waals surface area contributed by atoms with Crippen molar-refractivity contribution >= 4 is 28.9 Å². The molecule has 0 unspecified atom stereocenters. The molecule has 9 heteroatoms. The third-order valence-corrected chi connectivity index (χ3v) is 3.69. The van der Waals surface area contributed by atoms with Gasteiger partial charge in [-0.25, -0.2) is 4.79 Å². The molecule has 1 amide bonds. The van der Waals surface area contributed by atoms with E-state index in [1.807, 2.05) is 0 Å². The number of hydrogen-bond acceptors (Lipinski definition) is 7. The second kappa shape index (κ2) is 8.65. The van der Waals surface area contributed by atoms with Crippen molar-refractivity contribution < 1.29 is 24.0 Å². The van der Waals surface area contributed by atoms with Gasteiger partial charge in [0.1, 0.15) is 11.4 Å². The highest BCUT2D eigenvalue weighted by atomic mass is 16.6. The molecule has 2 aromatic rings. The number of esters is 1. The fourth-order valence-corrected chi connectivity index (χ4v) is 2.25. The lowest BCUT2D eigenvalue weighted by atomic mass is 10.1. The first-order valence-electron chi connectivity index (χ1n) is 7.97. The predicted molar refractivity (Wildman–Crippen MR) is 99.1 cm³/mol. The Kier molecular flexibility index (Phi) is 6.32. The maximum atomic E-state index is 12.2. The van der Waals surface area contributed by atoms with Gasteiger partial charge >= 0.3 is 5.97 Å². The first kappa shape index (κ1) is 19.7. The summed E-state index contributed by atoms with van der Waals surface area (Å²) in [5, 5.41) is 16.4. The van der Waals surface area contributed by atoms with Gasteiger partial charge in [-0.1, -0.05) is 6.07 Å². The molecule has 0 aliphatic rings. The van der Waals surface area contributed by atoms with Gasteiger partial charge < -0.3 is 20.1 Å². The molecule has 2 aromatic carbocycles. The number of nitrogens with zero attached hydrogens (tertiary/aromatic N) is 1. The van der Waals surface area contributed by atoms with Crippen molar-refractivity contribution in [2.45, 2.75) is 13.0 Å². The number of nitro groups is 1. The van der Waals surface area contributed by atoms with E-state index >= 15 is 0 Å². The Morgan fingerprint density at radius 1 is 1.19 bits per heavy atom. The quantitative estimate of drug-likeness (QED) is 0.435. The van der Waals surface area contributed by atoms with Crippen molar-refractivity contribution in [1.29, 1.82) is 0 Å². The lowest BCUT2D eigenvalue weighted by Gasteiger charge is -2.14. The minimum Gasteiger partial charge on any atom is -0.497 e. The molecular weight excluding hydrogens is 354 g/mol. The number of nitrogens with one attached hydrogen (secondary N) is 2. The van der Waals surface area contributed by atoms with Crippen LogP contribution in [0.2, 0.25) is 0 Å². The molecular formula is C18H19N3O6. The molecule has 2 N–H and O–H groups in total. The third kappa shape index (κ3) is 4.94. The van der Waals surface area contributed by atoms with Gasteiger partial charge in [0.25, 0.3) is 11.6 Å². The van der Waals surface area contributed by atoms with Crippen LogP contribution < -0.4 is 15.4 Å². The maximum absolute atomic E-state index is 12.2. The summed E-state index contributed by atoms with van der Waals surface area (Å²) in [7, 11) is 3.04. The zero-order chi connectivity index (χ0) is 20.0. The summed E-state index contributed by atoms with van der Waals surface area (Å²) in [4.78, 5) is 34.9. The molecule has 142 valence electrons. The van der Waals surface area contributed by atoms with Crippen molar-refractivity contribution in [2.24, 2.45) is 0 Å². The largest absolute Gasteiger partial charge is 0.497 e. The lowest BCUT2D eigenvalue weighted by Crippen LogP contribution is -2.30. The van der Waals surface area contributed by atoms with E-state index in [0.29, 0.717) is 11.4 Å². The van der Waals surface area contributed by atoms with Gasteiger partial charge in [-0.2, -0.15) is 0 Å². The second-order valence-corrected chi connectivity index (χ2v) is 5.51. The number of methoxy groups -OCH3 is 1. The van der Waals surface area contributed by atoms with Gasteiger partial charge in [0, 0.05) is 24.9 Å². The molecule has 0 aromatic heterocycles. The van der Waals surface area contributed by atoms with Crippen LogP contribution in [0.5, 0.6) is 5.75 Å². The Hall–Kier alpha value is -3.62. The molecule has 9 nitrogen and oxygen atoms in total. The van der Waals surface area contributed by atoms with Crippen molar-refractivity contribution in [3.8, 4) is 5.75 Å². The average molecular weight is 373 g/mol. The van der Waals surface area contributed by atoms with Gasteiger partial charge in [0.05, 0.1) is 17.6 Å². The van der Waals surface area contributed by atoms with Crippen LogP contribution in [0.15, 0.2) is 42.5 Å². The molecule has 0 aliphatic carbocycles. The molecule has 1 atom stereocenters. The van der Waals surface area contributed by atoms with E-state index in [0.717, 1.165) is 6.07 Å². The van der Waals surface area contributed by atoms with Crippen molar-refractivity contribution in [3.05, 3.63) is 58.1 Å². The summed E-state index contributed by atoms with van der Waals surface area (Å²) < 4.78 is 10.2. The highest BCUT2D eigenvalue weighted by Crippen LogP contribution is 2.25. The van der Waals surface area contributed by atoms with Gasteiger partial charge in [0.15, 0.2) is 6.10 Å². The van der Waals surface area contributed by atoms with E-state index in [1.54, 1.807) is 24.3 Å². The number of hydrogen-bond donors (Lipinski definition) is 2. The van der Waals surface area contributed by atoms with Crippen LogP contribution >= 0.6 is 0 Å². The van der Waals surface area contributed by atoms with Gasteiger partial charge in [-0.3, -0.25) is 14.9 Å². The van der Waals surface area contributed by atoms with E-state index < -0.39 is 22.9 Å². The van der Waals surface area contributed by atoms with Crippen LogP contribution in [0.25, 0.3) is 0 Å². The zero-order valence-corrected chi connectivity index (χ0v) is 15.0. The summed E-state index contributed by atoms with van der Waals surface area (Å²) in [6.45, 7) is 1.41. The van der Waals surface area contributed by atoms with E-state index in [2.05, 4.69) is 10.6 Å². The number of rotatable bonds is 7. The highest BCUT2D eigenvalue weighted by molar-refractivity contribution is 5.98. The van der Waals surface area contributed by atoms with E-state index in [-0.39, 0.29) is 16.9 Å². The Balaban J connectivity index is 2.07. The molecule has 0 saturated carbocycles. The Bertz CT molecular complexity index is 868. The summed E-state index contributed by atoms with van der Waals surface area (Å²) in [6, 6.07) is 10.6. The fourth-order valence-electron chi connectivity index (χ4n) is 2.25. The molecule has 0 radical (unpaired) electrons. The van der Waals surface area contributed by atoms with Crippen molar-refractivity contribution in [2.75, 3.05) is 24.8 Å². The lowest BCUT2D eigenvalue weighted by molar-refractivity contribution is -0.384. The first-order valence-corrected chi connectivity index (χ1v) is 7.97. The normalized spacial score (nSPS) is 11.2. The minimum atomic E-state index is -1.10. The molecule has 0 heterocycles. The number of anilines is 2. The Labute approximate surface area is 155 Å². The molecule has 0 saturated heterocycles. The van der Waals surface area contributed by atoms with Crippen LogP contribution in [0.4, 0.5) is 17.1 Å². The molecule has 0 spiro atoms. The molecule has 0 fully saturated rings. The van der Waals surface area contributed by atoms with Gasteiger partial charge in [-0.05, 0) is 31.2 Å². The Morgan fingerprint density at radius 2 is 1.93 bits per heavy atom. The molecule has 27 heavy (non-hydrogen) atoms. The highest BCUT2D eigenvalue weighted by Gasteiger charge is 2.22. The number of amides is 1. The molecule has 2 rings (SSSR count). The first-order chi connectivity index (χ1) is 12.8. The van der Waals surface area contributed by atoms with Crippen LogP contribution in [0.3, 0.4) is 0 Å². The van der Waals surface area contributed by atoms with Crippen LogP contribution in [0.1, 0.15) is 17.3 Å². The van der Waals surface area contributed by atoms with E-state index in [1.165, 1.54) is 33.2 Å². The standard InChI is InChI=1S/C18H19N3O6/c1-11(17(22)20-13-5-4-6-14(10-13)26-3)27-18(23)12-7-8-15(19-2)16(9-12)21(24)25/h4-11,19H,1-3H3,(H,20,22)/t11-/m0/s1. The van der Waals surface area contributed by atoms with E-state index in [9.17, 15) is 19.7 Å². The summed E-state index contributed by atoms with van der Waals surface area (Å²) in [5.74, 6) is -0.818. The second-order valence-electron chi connectivity index (χ2n) is 5.51. The molecule has 0 aliphatic heterocycles. The van der Waals surface area contributed by atoms with Gasteiger partial charge in [-0.15, -0.1) is 0 Å². The van der Waals surface area contributed by atoms with Crippen molar-refractivity contribution in [1.82, 2.24) is 0 Å². The third-order valence-electron chi connectivity index (χ3n) is 3.69. The number of carbonyl (C=O) groups is 2. The minimum absolute atomic E-state index is 0.0262. The SMILES string of the molecule is CNc1ccc(C(=O)O[C@@H](C)C(=O)Nc2cccc(OC)c2)cc1[N+](=O)[O-]. The number of ether oxygens (including phenoxy) is 2. The van der Waals surface area contributed by atoms with Crippen LogP contribution in [0, 0.1) is 10.1 Å². The molecule has 0 bridgehead atoms. The number of carbonyl (C=O) groups excluding carboxylic acids is 2. The monoisotopic (exact) mass is 373 g/mol. The zero-order valence-electron chi connectivity index (χ0n) is 15.0. The summed E-state index contributed by atoms with van der Waals surface area (Å²) in [6.07, 6.45) is -1.10. The van der Waals surface area contributed by atoms with Crippen molar-refractivity contribution in [3.63, 3.8) is 0 Å². The van der Waals surface area contributed by atoms with Crippen LogP contribution in [-0.4, -0.2) is 37.1 Å². The predicted octanol–water partition coefficient (Wildman–Crippen LogP) is 2.83. The number of benzene rings is 2. The summed E-state index contributed by atoms with van der Waals surface area (Å²) >= 11 is 0. The fraction of sp³-hybridized carbons (Fsp3) is 0.222. The smallest absolute Gasteiger partial charge is 0.339 e. The average Bonchev–Trinajstić information content (AvgIpc) is 2.67. The van der Waals surface area contributed by atoms with Gasteiger partial charge in [0.2, 0.25) is 0 Å². The Morgan fingerprint density at radius 3 is 2.56 bits per heavy atom. The van der Waals surface area contributed by atoms with Crippen LogP contribution in [-0.2, 0) is 9.53 Å². The maximum Gasteiger partial charge on any atom is 0.339 e. The number of nitro benzene ring substituents is 1. The van der Waals surface area contributed by atoms with E-state index in [4.69, 9.17) is 9.47 Å².